The number of rotatable bonds is 9. The van der Waals surface area contributed by atoms with E-state index in [2.05, 4.69) is 15.4 Å². The maximum absolute atomic E-state index is 13.8. The summed E-state index contributed by atoms with van der Waals surface area (Å²) >= 11 is 5.69. The van der Waals surface area contributed by atoms with Crippen LogP contribution in [0, 0.1) is 5.82 Å². The second-order valence-corrected chi connectivity index (χ2v) is 9.07. The summed E-state index contributed by atoms with van der Waals surface area (Å²) in [7, 11) is 0. The topological polar surface area (TPSA) is 76.7 Å². The minimum Gasteiger partial charge on any atom is -0.368 e. The molecule has 1 aromatic rings. The molecular formula is C20H21ClF4N2O4. The van der Waals surface area contributed by atoms with E-state index in [0.29, 0.717) is 19.3 Å². The third kappa shape index (κ3) is 5.02. The van der Waals surface area contributed by atoms with E-state index in [4.69, 9.17) is 16.3 Å². The average molecular weight is 465 g/mol. The molecule has 2 N–H and O–H groups in total. The van der Waals surface area contributed by atoms with Crippen LogP contribution in [0.25, 0.3) is 0 Å². The predicted molar refractivity (Wildman–Crippen MR) is 101 cm³/mol. The quantitative estimate of drug-likeness (QED) is 0.434. The van der Waals surface area contributed by atoms with E-state index < -0.39 is 24.4 Å². The van der Waals surface area contributed by atoms with Crippen molar-refractivity contribution >= 4 is 23.3 Å². The first-order valence-corrected chi connectivity index (χ1v) is 10.2. The van der Waals surface area contributed by atoms with Crippen molar-refractivity contribution in [3.05, 3.63) is 34.6 Å². The Morgan fingerprint density at radius 3 is 2.42 bits per heavy atom. The van der Waals surface area contributed by atoms with Crippen LogP contribution in [0.15, 0.2) is 18.2 Å². The van der Waals surface area contributed by atoms with Crippen molar-refractivity contribution in [1.82, 2.24) is 10.6 Å². The largest absolute Gasteiger partial charge is 0.522 e. The Morgan fingerprint density at radius 2 is 1.81 bits per heavy atom. The summed E-state index contributed by atoms with van der Waals surface area (Å²) < 4.78 is 59.3. The fourth-order valence-electron chi connectivity index (χ4n) is 4.65. The lowest BCUT2D eigenvalue weighted by molar-refractivity contribution is -0.357. The summed E-state index contributed by atoms with van der Waals surface area (Å²) in [5, 5.41) is 6.27. The molecule has 4 fully saturated rings. The lowest BCUT2D eigenvalue weighted by atomic mass is 9.44. The average Bonchev–Trinajstić information content (AvgIpc) is 2.56. The van der Waals surface area contributed by atoms with Gasteiger partial charge in [-0.25, -0.2) is 4.39 Å². The molecule has 0 aromatic heterocycles. The fourth-order valence-corrected chi connectivity index (χ4v) is 4.81. The van der Waals surface area contributed by atoms with Gasteiger partial charge < -0.3 is 15.4 Å². The molecular weight excluding hydrogens is 444 g/mol. The fraction of sp³-hybridized carbons (Fsp3) is 0.600. The van der Waals surface area contributed by atoms with Crippen LogP contribution in [0.3, 0.4) is 0 Å². The molecule has 5 rings (SSSR count). The Bertz CT molecular complexity index is 869. The number of ether oxygens (including phenoxy) is 2. The molecule has 0 unspecified atom stereocenters. The van der Waals surface area contributed by atoms with Crippen LogP contribution < -0.4 is 10.6 Å². The number of hydrogen-bond acceptors (Lipinski definition) is 5. The Kier molecular flexibility index (Phi) is 5.78. The zero-order valence-electron chi connectivity index (χ0n) is 16.4. The highest BCUT2D eigenvalue weighted by Crippen LogP contribution is 2.60. The molecule has 11 heteroatoms. The molecule has 1 amide bonds. The molecule has 0 saturated heterocycles. The maximum Gasteiger partial charge on any atom is 0.522 e. The first kappa shape index (κ1) is 22.4. The summed E-state index contributed by atoms with van der Waals surface area (Å²) in [5.41, 5.74) is -0.616. The Hall–Kier alpha value is -1.75. The van der Waals surface area contributed by atoms with Gasteiger partial charge in [-0.15, -0.1) is 13.2 Å². The van der Waals surface area contributed by atoms with E-state index in [-0.39, 0.29) is 59.3 Å². The third-order valence-corrected chi connectivity index (χ3v) is 6.33. The van der Waals surface area contributed by atoms with Gasteiger partial charge in [-0.1, -0.05) is 11.6 Å². The number of amides is 1. The number of alkyl halides is 3. The highest BCUT2D eigenvalue weighted by Gasteiger charge is 2.68. The Balaban J connectivity index is 1.12. The van der Waals surface area contributed by atoms with E-state index >= 15 is 0 Å². The molecule has 6 nitrogen and oxygen atoms in total. The molecule has 0 spiro atoms. The second kappa shape index (κ2) is 7.99. The monoisotopic (exact) mass is 464 g/mol. The SMILES string of the molecule is O=C(COC1CC(OC(F)(F)F)C1)NC12CC(NCC(=O)c3ccc(Cl)cc3F)(C1)C2. The zero-order valence-corrected chi connectivity index (χ0v) is 17.1. The van der Waals surface area contributed by atoms with Crippen molar-refractivity contribution < 1.29 is 36.6 Å². The van der Waals surface area contributed by atoms with Gasteiger partial charge >= 0.3 is 6.36 Å². The molecule has 2 bridgehead atoms. The number of carbonyl (C=O) groups is 2. The number of Topliss-reactive ketones (excluding diaryl/α,β-unsaturated/α-hetero) is 1. The number of hydrogen-bond donors (Lipinski definition) is 2. The van der Waals surface area contributed by atoms with Crippen molar-refractivity contribution in [3.8, 4) is 0 Å². The Labute approximate surface area is 180 Å². The number of benzene rings is 1. The lowest BCUT2D eigenvalue weighted by Crippen LogP contribution is -2.83. The van der Waals surface area contributed by atoms with Gasteiger partial charge in [-0.05, 0) is 37.5 Å². The van der Waals surface area contributed by atoms with E-state index in [0.717, 1.165) is 6.07 Å². The first-order chi connectivity index (χ1) is 14.5. The minimum atomic E-state index is -4.66. The van der Waals surface area contributed by atoms with E-state index in [1.807, 2.05) is 0 Å². The van der Waals surface area contributed by atoms with Crippen molar-refractivity contribution in [1.29, 1.82) is 0 Å². The molecule has 0 aliphatic heterocycles. The van der Waals surface area contributed by atoms with Crippen molar-refractivity contribution in [2.45, 2.75) is 61.8 Å². The summed E-state index contributed by atoms with van der Waals surface area (Å²) in [5.74, 6) is -1.37. The molecule has 0 radical (unpaired) electrons. The smallest absolute Gasteiger partial charge is 0.368 e. The van der Waals surface area contributed by atoms with Gasteiger partial charge in [0, 0.05) is 28.9 Å². The van der Waals surface area contributed by atoms with Gasteiger partial charge in [0.15, 0.2) is 5.78 Å². The van der Waals surface area contributed by atoms with Crippen LogP contribution in [0.5, 0.6) is 0 Å². The lowest BCUT2D eigenvalue weighted by Gasteiger charge is -2.70. The van der Waals surface area contributed by atoms with Crippen LogP contribution >= 0.6 is 11.6 Å². The van der Waals surface area contributed by atoms with Gasteiger partial charge in [-0.3, -0.25) is 14.3 Å². The summed E-state index contributed by atoms with van der Waals surface area (Å²) in [6.45, 7) is -0.242. The van der Waals surface area contributed by atoms with Crippen molar-refractivity contribution in [2.24, 2.45) is 0 Å². The second-order valence-electron chi connectivity index (χ2n) is 8.63. The molecule has 4 aliphatic carbocycles. The van der Waals surface area contributed by atoms with Gasteiger partial charge in [0.25, 0.3) is 0 Å². The highest BCUT2D eigenvalue weighted by molar-refractivity contribution is 6.30. The standard InChI is InChI=1S/C20H21ClF4N2O4/c21-11-1-2-14(15(22)3-11)16(28)6-26-18-8-19(9-18,10-18)27-17(29)7-30-12-4-13(5-12)31-20(23,24)25/h1-3,12-13,26H,4-10H2,(H,27,29). The minimum absolute atomic E-state index is 0.0193. The molecule has 4 saturated carbocycles. The first-order valence-electron chi connectivity index (χ1n) is 9.87. The molecule has 4 aliphatic rings. The van der Waals surface area contributed by atoms with Crippen LogP contribution in [0.2, 0.25) is 5.02 Å². The normalized spacial score (nSPS) is 31.3. The van der Waals surface area contributed by atoms with Crippen molar-refractivity contribution in [3.63, 3.8) is 0 Å². The van der Waals surface area contributed by atoms with Crippen LogP contribution in [0.1, 0.15) is 42.5 Å². The molecule has 31 heavy (non-hydrogen) atoms. The van der Waals surface area contributed by atoms with Gasteiger partial charge in [0.2, 0.25) is 5.91 Å². The molecule has 170 valence electrons. The zero-order chi connectivity index (χ0) is 22.4. The van der Waals surface area contributed by atoms with Crippen LogP contribution in [0.4, 0.5) is 17.6 Å². The molecule has 0 heterocycles. The van der Waals surface area contributed by atoms with E-state index in [1.54, 1.807) is 0 Å². The van der Waals surface area contributed by atoms with Crippen molar-refractivity contribution in [2.75, 3.05) is 13.2 Å². The van der Waals surface area contributed by atoms with Crippen LogP contribution in [-0.4, -0.2) is 54.5 Å². The van der Waals surface area contributed by atoms with Gasteiger partial charge in [0.05, 0.1) is 24.3 Å². The van der Waals surface area contributed by atoms with E-state index in [9.17, 15) is 27.2 Å². The molecule has 0 atom stereocenters. The number of nitrogens with one attached hydrogen (secondary N) is 2. The predicted octanol–water partition coefficient (Wildman–Crippen LogP) is 3.13. The third-order valence-electron chi connectivity index (χ3n) is 6.09. The Morgan fingerprint density at radius 1 is 1.13 bits per heavy atom. The van der Waals surface area contributed by atoms with E-state index in [1.165, 1.54) is 12.1 Å². The highest BCUT2D eigenvalue weighted by atomic mass is 35.5. The number of ketones is 1. The number of halogens is 5. The summed E-state index contributed by atoms with van der Waals surface area (Å²) in [6, 6.07) is 3.90. The number of carbonyl (C=O) groups excluding carboxylic acids is 2. The molecule has 1 aromatic carbocycles. The maximum atomic E-state index is 13.8. The van der Waals surface area contributed by atoms with Crippen LogP contribution in [-0.2, 0) is 14.3 Å². The summed E-state index contributed by atoms with van der Waals surface area (Å²) in [4.78, 5) is 24.3. The summed E-state index contributed by atoms with van der Waals surface area (Å²) in [6.07, 6.45) is -3.85. The van der Waals surface area contributed by atoms with Gasteiger partial charge in [0.1, 0.15) is 12.4 Å². The van der Waals surface area contributed by atoms with Gasteiger partial charge in [-0.2, -0.15) is 0 Å².